The molecule has 1 nitrogen and oxygen atoms in total. The molecule has 0 amide bonds. The Hall–Kier alpha value is -0.630. The Labute approximate surface area is 115 Å². The van der Waals surface area contributed by atoms with Gasteiger partial charge in [-0.2, -0.15) is 11.8 Å². The molecule has 1 saturated heterocycles. The van der Waals surface area contributed by atoms with E-state index in [9.17, 15) is 0 Å². The lowest BCUT2D eigenvalue weighted by atomic mass is 10.0. The van der Waals surface area contributed by atoms with Crippen molar-refractivity contribution in [2.24, 2.45) is 0 Å². The molecule has 1 aromatic carbocycles. The van der Waals surface area contributed by atoms with Crippen LogP contribution in [0.25, 0.3) is 0 Å². The highest BCUT2D eigenvalue weighted by Gasteiger charge is 2.19. The lowest BCUT2D eigenvalue weighted by Crippen LogP contribution is -2.02. The average molecular weight is 264 g/mol. The van der Waals surface area contributed by atoms with Gasteiger partial charge in [0.05, 0.1) is 6.61 Å². The van der Waals surface area contributed by atoms with Crippen LogP contribution in [0.4, 0.5) is 0 Å². The Morgan fingerprint density at radius 2 is 2.00 bits per heavy atom. The summed E-state index contributed by atoms with van der Waals surface area (Å²) in [6, 6.07) is 4.66. The quantitative estimate of drug-likeness (QED) is 0.688. The fourth-order valence-corrected chi connectivity index (χ4v) is 3.84. The fourth-order valence-electron chi connectivity index (χ4n) is 2.56. The Morgan fingerprint density at radius 1 is 1.28 bits per heavy atom. The van der Waals surface area contributed by atoms with E-state index in [0.717, 1.165) is 18.8 Å². The molecule has 1 fully saturated rings. The minimum Gasteiger partial charge on any atom is -0.493 e. The highest BCUT2D eigenvalue weighted by Crippen LogP contribution is 2.41. The van der Waals surface area contributed by atoms with Crippen LogP contribution in [-0.2, 0) is 0 Å². The van der Waals surface area contributed by atoms with Crippen LogP contribution in [0.5, 0.6) is 5.75 Å². The van der Waals surface area contributed by atoms with E-state index >= 15 is 0 Å². The molecule has 0 aliphatic carbocycles. The first-order valence-corrected chi connectivity index (χ1v) is 8.12. The summed E-state index contributed by atoms with van der Waals surface area (Å²) < 4.78 is 5.92. The lowest BCUT2D eigenvalue weighted by Gasteiger charge is -2.16. The monoisotopic (exact) mass is 264 g/mol. The van der Waals surface area contributed by atoms with Gasteiger partial charge in [0, 0.05) is 5.25 Å². The Kier molecular flexibility index (Phi) is 4.99. The average Bonchev–Trinajstić information content (AvgIpc) is 2.86. The Bertz CT molecular complexity index is 371. The third kappa shape index (κ3) is 3.23. The van der Waals surface area contributed by atoms with Gasteiger partial charge in [-0.25, -0.2) is 0 Å². The van der Waals surface area contributed by atoms with Crippen LogP contribution < -0.4 is 4.74 Å². The maximum absolute atomic E-state index is 5.92. The Morgan fingerprint density at radius 3 is 2.56 bits per heavy atom. The fraction of sp³-hybridized carbons (Fsp3) is 0.625. The van der Waals surface area contributed by atoms with E-state index in [2.05, 4.69) is 44.7 Å². The first kappa shape index (κ1) is 13.8. The minimum atomic E-state index is 0.715. The zero-order valence-electron chi connectivity index (χ0n) is 11.8. The zero-order chi connectivity index (χ0) is 13.0. The molecule has 1 atom stereocenters. The first-order chi connectivity index (χ1) is 8.72. The molecule has 2 rings (SSSR count). The second-order valence-corrected chi connectivity index (χ2v) is 6.50. The highest BCUT2D eigenvalue weighted by molar-refractivity contribution is 7.99. The summed E-state index contributed by atoms with van der Waals surface area (Å²) in [7, 11) is 0. The summed E-state index contributed by atoms with van der Waals surface area (Å²) in [5, 5.41) is 0.715. The summed E-state index contributed by atoms with van der Waals surface area (Å²) in [6.45, 7) is 7.40. The van der Waals surface area contributed by atoms with Crippen LogP contribution in [-0.4, -0.2) is 12.4 Å². The van der Waals surface area contributed by atoms with Crippen LogP contribution in [0.3, 0.4) is 0 Å². The third-order valence-corrected chi connectivity index (χ3v) is 4.96. The molecule has 0 spiro atoms. The van der Waals surface area contributed by atoms with Crippen molar-refractivity contribution in [2.75, 3.05) is 12.4 Å². The Balaban J connectivity index is 2.12. The third-order valence-electron chi connectivity index (χ3n) is 3.53. The van der Waals surface area contributed by atoms with Gasteiger partial charge in [-0.05, 0) is 55.6 Å². The summed E-state index contributed by atoms with van der Waals surface area (Å²) in [4.78, 5) is 0. The predicted octanol–water partition coefficient (Wildman–Crippen LogP) is 5.05. The highest BCUT2D eigenvalue weighted by atomic mass is 32.2. The van der Waals surface area contributed by atoms with Crippen molar-refractivity contribution in [3.8, 4) is 5.75 Å². The van der Waals surface area contributed by atoms with Gasteiger partial charge < -0.3 is 4.74 Å². The number of hydrogen-bond donors (Lipinski definition) is 0. The van der Waals surface area contributed by atoms with Gasteiger partial charge in [0.2, 0.25) is 0 Å². The van der Waals surface area contributed by atoms with Gasteiger partial charge in [-0.1, -0.05) is 25.5 Å². The molecule has 1 heterocycles. The van der Waals surface area contributed by atoms with Gasteiger partial charge in [0.1, 0.15) is 5.75 Å². The van der Waals surface area contributed by atoms with E-state index in [1.807, 2.05) is 0 Å². The molecule has 0 radical (unpaired) electrons. The van der Waals surface area contributed by atoms with Gasteiger partial charge in [0.25, 0.3) is 0 Å². The van der Waals surface area contributed by atoms with E-state index < -0.39 is 0 Å². The number of unbranched alkanes of at least 4 members (excludes halogenated alkanes) is 1. The molecule has 0 bridgehead atoms. The number of aryl methyl sites for hydroxylation is 2. The van der Waals surface area contributed by atoms with Crippen molar-refractivity contribution in [2.45, 2.75) is 51.7 Å². The molecular formula is C16H24OS. The molecule has 1 unspecified atom stereocenters. The minimum absolute atomic E-state index is 0.715. The van der Waals surface area contributed by atoms with Crippen LogP contribution in [0.1, 0.15) is 54.5 Å². The van der Waals surface area contributed by atoms with Crippen molar-refractivity contribution < 1.29 is 4.74 Å². The van der Waals surface area contributed by atoms with E-state index in [1.54, 1.807) is 0 Å². The van der Waals surface area contributed by atoms with E-state index in [-0.39, 0.29) is 0 Å². The van der Waals surface area contributed by atoms with E-state index in [4.69, 9.17) is 4.74 Å². The largest absolute Gasteiger partial charge is 0.493 e. The molecule has 2 heteroatoms. The SMILES string of the molecule is CCCCOc1c(C)cc(C2CCCS2)cc1C. The molecule has 1 aliphatic heterocycles. The topological polar surface area (TPSA) is 9.23 Å². The standard InChI is InChI=1S/C16H24OS/c1-4-5-8-17-16-12(2)10-14(11-13(16)3)15-7-6-9-18-15/h10-11,15H,4-9H2,1-3H3. The van der Waals surface area contributed by atoms with Crippen molar-refractivity contribution in [3.63, 3.8) is 0 Å². The lowest BCUT2D eigenvalue weighted by molar-refractivity contribution is 0.305. The zero-order valence-corrected chi connectivity index (χ0v) is 12.6. The summed E-state index contributed by atoms with van der Waals surface area (Å²) >= 11 is 2.10. The number of thioether (sulfide) groups is 1. The van der Waals surface area contributed by atoms with Crippen LogP contribution in [0.15, 0.2) is 12.1 Å². The molecule has 18 heavy (non-hydrogen) atoms. The second kappa shape index (κ2) is 6.51. The summed E-state index contributed by atoms with van der Waals surface area (Å²) in [5.74, 6) is 2.42. The van der Waals surface area contributed by atoms with Crippen molar-refractivity contribution in [3.05, 3.63) is 28.8 Å². The van der Waals surface area contributed by atoms with E-state index in [1.165, 1.54) is 41.7 Å². The molecule has 0 aromatic heterocycles. The van der Waals surface area contributed by atoms with Crippen molar-refractivity contribution >= 4 is 11.8 Å². The summed E-state index contributed by atoms with van der Waals surface area (Å²) in [6.07, 6.45) is 5.02. The van der Waals surface area contributed by atoms with Crippen LogP contribution in [0.2, 0.25) is 0 Å². The predicted molar refractivity (Wildman–Crippen MR) is 80.8 cm³/mol. The van der Waals surface area contributed by atoms with Crippen LogP contribution >= 0.6 is 11.8 Å². The van der Waals surface area contributed by atoms with Gasteiger partial charge in [-0.15, -0.1) is 0 Å². The number of rotatable bonds is 5. The molecule has 0 saturated carbocycles. The second-order valence-electron chi connectivity index (χ2n) is 5.19. The molecule has 100 valence electrons. The molecule has 1 aromatic rings. The van der Waals surface area contributed by atoms with Gasteiger partial charge in [-0.3, -0.25) is 0 Å². The molecule has 0 N–H and O–H groups in total. The van der Waals surface area contributed by atoms with E-state index in [0.29, 0.717) is 5.25 Å². The van der Waals surface area contributed by atoms with Crippen molar-refractivity contribution in [1.29, 1.82) is 0 Å². The van der Waals surface area contributed by atoms with Crippen molar-refractivity contribution in [1.82, 2.24) is 0 Å². The normalized spacial score (nSPS) is 19.2. The number of ether oxygens (including phenoxy) is 1. The van der Waals surface area contributed by atoms with Gasteiger partial charge >= 0.3 is 0 Å². The van der Waals surface area contributed by atoms with Crippen LogP contribution in [0, 0.1) is 13.8 Å². The maximum atomic E-state index is 5.92. The maximum Gasteiger partial charge on any atom is 0.125 e. The molecular weight excluding hydrogens is 240 g/mol. The van der Waals surface area contributed by atoms with Gasteiger partial charge in [0.15, 0.2) is 0 Å². The first-order valence-electron chi connectivity index (χ1n) is 7.08. The number of benzene rings is 1. The molecule has 1 aliphatic rings. The smallest absolute Gasteiger partial charge is 0.125 e. The summed E-state index contributed by atoms with van der Waals surface area (Å²) in [5.41, 5.74) is 4.09. The number of hydrogen-bond acceptors (Lipinski definition) is 2.